The summed E-state index contributed by atoms with van der Waals surface area (Å²) in [6, 6.07) is 4.13. The highest BCUT2D eigenvalue weighted by atomic mass is 32.2. The van der Waals surface area contributed by atoms with Crippen LogP contribution in [0.5, 0.6) is 5.75 Å². The summed E-state index contributed by atoms with van der Waals surface area (Å²) in [6.45, 7) is 3.26. The summed E-state index contributed by atoms with van der Waals surface area (Å²) in [6.07, 6.45) is 0. The maximum atomic E-state index is 12.7. The standard InChI is InChI=1S/C16H19N3O5S/c1-16(2)12(15(23)24)19-13(22)11(14(19)25-16)18(10(21)7-17)8-3-5-9(20)6-4-8/h3-6,11-12,14,20H,7,17H2,1-2H3,(H,23,24)/t11?,12?,14-/m1/s1. The number of benzene rings is 1. The van der Waals surface area contributed by atoms with E-state index >= 15 is 0 Å². The predicted molar refractivity (Wildman–Crippen MR) is 92.2 cm³/mol. The molecule has 2 saturated heterocycles. The second-order valence-electron chi connectivity index (χ2n) is 6.53. The number of hydrogen-bond donors (Lipinski definition) is 3. The molecule has 25 heavy (non-hydrogen) atoms. The van der Waals surface area contributed by atoms with Crippen molar-refractivity contribution in [1.82, 2.24) is 4.90 Å². The Morgan fingerprint density at radius 2 is 1.92 bits per heavy atom. The van der Waals surface area contributed by atoms with Gasteiger partial charge in [0.2, 0.25) is 5.91 Å². The molecule has 2 fully saturated rings. The molecule has 3 atom stereocenters. The van der Waals surface area contributed by atoms with Crippen molar-refractivity contribution in [1.29, 1.82) is 0 Å². The van der Waals surface area contributed by atoms with Crippen LogP contribution in [0.4, 0.5) is 5.69 Å². The summed E-state index contributed by atoms with van der Waals surface area (Å²) < 4.78 is -0.673. The number of carbonyl (C=O) groups excluding carboxylic acids is 2. The zero-order chi connectivity index (χ0) is 18.5. The van der Waals surface area contributed by atoms with E-state index in [1.807, 2.05) is 0 Å². The zero-order valence-corrected chi connectivity index (χ0v) is 14.6. The van der Waals surface area contributed by atoms with E-state index in [2.05, 4.69) is 0 Å². The van der Waals surface area contributed by atoms with Crippen LogP contribution in [0.2, 0.25) is 0 Å². The second-order valence-corrected chi connectivity index (χ2v) is 8.30. The van der Waals surface area contributed by atoms with Crippen LogP contribution in [0.25, 0.3) is 0 Å². The third-order valence-corrected chi connectivity index (χ3v) is 6.05. The molecule has 2 amide bonds. The number of aliphatic carboxylic acids is 1. The van der Waals surface area contributed by atoms with Gasteiger partial charge < -0.3 is 20.8 Å². The Hall–Kier alpha value is -2.26. The van der Waals surface area contributed by atoms with E-state index in [1.54, 1.807) is 13.8 Å². The van der Waals surface area contributed by atoms with Gasteiger partial charge in [0.25, 0.3) is 5.91 Å². The van der Waals surface area contributed by atoms with E-state index in [1.165, 1.54) is 45.8 Å². The normalized spacial score (nSPS) is 26.8. The van der Waals surface area contributed by atoms with Gasteiger partial charge in [-0.3, -0.25) is 14.5 Å². The fourth-order valence-electron chi connectivity index (χ4n) is 3.40. The molecule has 2 heterocycles. The van der Waals surface area contributed by atoms with Crippen molar-refractivity contribution in [2.75, 3.05) is 11.4 Å². The first-order chi connectivity index (χ1) is 11.7. The number of nitrogens with zero attached hydrogens (tertiary/aromatic N) is 2. The van der Waals surface area contributed by atoms with Crippen LogP contribution in [0, 0.1) is 0 Å². The molecule has 0 radical (unpaired) electrons. The van der Waals surface area contributed by atoms with Crippen molar-refractivity contribution >= 4 is 35.2 Å². The van der Waals surface area contributed by atoms with E-state index < -0.39 is 40.0 Å². The summed E-state index contributed by atoms with van der Waals surface area (Å²) >= 11 is 1.36. The highest BCUT2D eigenvalue weighted by Crippen LogP contribution is 2.52. The molecule has 2 aliphatic rings. The number of β-lactam (4-membered cyclic amide) rings is 1. The average molecular weight is 365 g/mol. The Labute approximate surface area is 148 Å². The number of amides is 2. The van der Waals surface area contributed by atoms with Gasteiger partial charge in [0.05, 0.1) is 6.54 Å². The maximum absolute atomic E-state index is 12.7. The molecule has 4 N–H and O–H groups in total. The predicted octanol–water partition coefficient (Wildman–Crippen LogP) is 0.199. The van der Waals surface area contributed by atoms with Gasteiger partial charge in [-0.05, 0) is 38.1 Å². The fraction of sp³-hybridized carbons (Fsp3) is 0.438. The summed E-state index contributed by atoms with van der Waals surface area (Å²) in [5.41, 5.74) is 5.94. The van der Waals surface area contributed by atoms with Crippen LogP contribution in [0.15, 0.2) is 24.3 Å². The van der Waals surface area contributed by atoms with Crippen LogP contribution in [0.1, 0.15) is 13.8 Å². The number of phenols is 1. The zero-order valence-electron chi connectivity index (χ0n) is 13.7. The molecular formula is C16H19N3O5S. The minimum atomic E-state index is -1.06. The van der Waals surface area contributed by atoms with Gasteiger partial charge in [-0.2, -0.15) is 0 Å². The van der Waals surface area contributed by atoms with Gasteiger partial charge in [0, 0.05) is 10.4 Å². The van der Waals surface area contributed by atoms with Gasteiger partial charge in [-0.25, -0.2) is 4.79 Å². The third kappa shape index (κ3) is 2.63. The summed E-state index contributed by atoms with van der Waals surface area (Å²) in [4.78, 5) is 39.3. The molecule has 8 nitrogen and oxygen atoms in total. The number of carbonyl (C=O) groups is 3. The topological polar surface area (TPSA) is 124 Å². The van der Waals surface area contributed by atoms with Crippen molar-refractivity contribution in [3.8, 4) is 5.75 Å². The van der Waals surface area contributed by atoms with Crippen LogP contribution in [0.3, 0.4) is 0 Å². The van der Waals surface area contributed by atoms with Crippen molar-refractivity contribution in [2.45, 2.75) is 36.1 Å². The largest absolute Gasteiger partial charge is 0.508 e. The molecule has 1 aromatic rings. The average Bonchev–Trinajstić information content (AvgIpc) is 2.80. The molecule has 2 aliphatic heterocycles. The lowest BCUT2D eigenvalue weighted by atomic mass is 9.95. The SMILES string of the molecule is CC1(C)S[C@@H]2C(N(C(=O)CN)c3ccc(O)cc3)C(=O)N2C1C(=O)O. The summed E-state index contributed by atoms with van der Waals surface area (Å²) in [7, 11) is 0. The lowest BCUT2D eigenvalue weighted by molar-refractivity contribution is -0.159. The van der Waals surface area contributed by atoms with Crippen molar-refractivity contribution in [3.63, 3.8) is 0 Å². The van der Waals surface area contributed by atoms with Gasteiger partial charge in [-0.15, -0.1) is 11.8 Å². The summed E-state index contributed by atoms with van der Waals surface area (Å²) in [5.74, 6) is -1.88. The Morgan fingerprint density at radius 3 is 2.44 bits per heavy atom. The van der Waals surface area contributed by atoms with Gasteiger partial charge in [0.1, 0.15) is 23.2 Å². The van der Waals surface area contributed by atoms with Crippen LogP contribution >= 0.6 is 11.8 Å². The minimum absolute atomic E-state index is 0.0350. The molecule has 9 heteroatoms. The number of rotatable bonds is 4. The summed E-state index contributed by atoms with van der Waals surface area (Å²) in [5, 5.41) is 18.5. The quantitative estimate of drug-likeness (QED) is 0.651. The number of carboxylic acid groups (broad SMARTS) is 1. The van der Waals surface area contributed by atoms with Gasteiger partial charge in [0.15, 0.2) is 0 Å². The smallest absolute Gasteiger partial charge is 0.327 e. The molecule has 0 aliphatic carbocycles. The highest BCUT2D eigenvalue weighted by Gasteiger charge is 2.65. The van der Waals surface area contributed by atoms with Gasteiger partial charge in [-0.1, -0.05) is 0 Å². The first-order valence-corrected chi connectivity index (χ1v) is 8.61. The van der Waals surface area contributed by atoms with Crippen molar-refractivity contribution in [2.24, 2.45) is 5.73 Å². The molecule has 0 spiro atoms. The molecule has 1 aromatic carbocycles. The number of anilines is 1. The van der Waals surface area contributed by atoms with Crippen molar-refractivity contribution < 1.29 is 24.6 Å². The fourth-order valence-corrected chi connectivity index (χ4v) is 5.07. The van der Waals surface area contributed by atoms with E-state index in [0.29, 0.717) is 5.69 Å². The highest BCUT2D eigenvalue weighted by molar-refractivity contribution is 8.01. The number of phenolic OH excluding ortho intramolecular Hbond substituents is 1. The maximum Gasteiger partial charge on any atom is 0.327 e. The van der Waals surface area contributed by atoms with Crippen molar-refractivity contribution in [3.05, 3.63) is 24.3 Å². The van der Waals surface area contributed by atoms with E-state index in [9.17, 15) is 24.6 Å². The second kappa shape index (κ2) is 5.92. The first kappa shape index (κ1) is 17.6. The Bertz CT molecular complexity index is 736. The number of nitrogens with two attached hydrogens (primary N) is 1. The number of fused-ring (bicyclic) bond motifs is 1. The minimum Gasteiger partial charge on any atom is -0.508 e. The molecule has 0 aromatic heterocycles. The van der Waals surface area contributed by atoms with Crippen LogP contribution < -0.4 is 10.6 Å². The number of carboxylic acids is 1. The van der Waals surface area contributed by atoms with E-state index in [0.717, 1.165) is 0 Å². The lowest BCUT2D eigenvalue weighted by Crippen LogP contribution is -2.72. The first-order valence-electron chi connectivity index (χ1n) is 7.73. The lowest BCUT2D eigenvalue weighted by Gasteiger charge is -2.48. The van der Waals surface area contributed by atoms with E-state index in [-0.39, 0.29) is 12.3 Å². The monoisotopic (exact) mass is 365 g/mol. The van der Waals surface area contributed by atoms with Gasteiger partial charge >= 0.3 is 5.97 Å². The Kier molecular flexibility index (Phi) is 4.16. The molecule has 0 bridgehead atoms. The molecular weight excluding hydrogens is 346 g/mol. The molecule has 3 rings (SSSR count). The third-order valence-electron chi connectivity index (χ3n) is 4.50. The van der Waals surface area contributed by atoms with E-state index in [4.69, 9.17) is 5.73 Å². The Balaban J connectivity index is 1.97. The molecule has 134 valence electrons. The number of hydrogen-bond acceptors (Lipinski definition) is 6. The molecule has 2 unspecified atom stereocenters. The number of thioether (sulfide) groups is 1. The Morgan fingerprint density at radius 1 is 1.32 bits per heavy atom. The van der Waals surface area contributed by atoms with Crippen LogP contribution in [-0.4, -0.2) is 61.6 Å². The number of aromatic hydroxyl groups is 1. The molecule has 0 saturated carbocycles. The van der Waals surface area contributed by atoms with Crippen LogP contribution in [-0.2, 0) is 14.4 Å².